The largest absolute Gasteiger partial charge is 0.316 e. The van der Waals surface area contributed by atoms with E-state index in [-0.39, 0.29) is 0 Å². The molecule has 0 fully saturated rings. The van der Waals surface area contributed by atoms with Crippen LogP contribution >= 0.6 is 0 Å². The molecule has 0 amide bonds. The second kappa shape index (κ2) is 6.09. The highest BCUT2D eigenvalue weighted by molar-refractivity contribution is 4.51. The normalized spacial score (nSPS) is 10.7. The molecule has 0 aromatic rings. The Morgan fingerprint density at radius 3 is 2.56 bits per heavy atom. The van der Waals surface area contributed by atoms with Crippen molar-refractivity contribution in [2.75, 3.05) is 13.1 Å². The summed E-state index contributed by atoms with van der Waals surface area (Å²) in [6, 6.07) is 0. The van der Waals surface area contributed by atoms with Gasteiger partial charge in [0.2, 0.25) is 0 Å². The van der Waals surface area contributed by atoms with Gasteiger partial charge in [-0.25, -0.2) is 0 Å². The molecule has 1 radical (unpaired) electrons. The lowest BCUT2D eigenvalue weighted by Gasteiger charge is -2.04. The first-order valence-corrected chi connectivity index (χ1v) is 3.77. The van der Waals surface area contributed by atoms with Gasteiger partial charge in [0.15, 0.2) is 0 Å². The summed E-state index contributed by atoms with van der Waals surface area (Å²) in [6.45, 7) is 10.5. The van der Waals surface area contributed by atoms with Crippen LogP contribution in [0.2, 0.25) is 0 Å². The Kier molecular flexibility index (Phi) is 6.06. The molecule has 0 bridgehead atoms. The molecule has 0 saturated heterocycles. The number of unbranched alkanes of at least 4 members (excludes halogenated alkanes) is 1. The molecule has 0 rings (SSSR count). The van der Waals surface area contributed by atoms with E-state index in [1.165, 1.54) is 6.42 Å². The van der Waals surface area contributed by atoms with E-state index in [0.29, 0.717) is 0 Å². The van der Waals surface area contributed by atoms with Crippen molar-refractivity contribution in [2.24, 2.45) is 5.92 Å². The van der Waals surface area contributed by atoms with E-state index in [0.717, 1.165) is 25.4 Å². The van der Waals surface area contributed by atoms with Gasteiger partial charge in [-0.3, -0.25) is 0 Å². The molecule has 0 aromatic carbocycles. The first kappa shape index (κ1) is 8.96. The molecule has 0 atom stereocenters. The van der Waals surface area contributed by atoms with E-state index in [2.05, 4.69) is 26.1 Å². The lowest BCUT2D eigenvalue weighted by molar-refractivity contribution is 0.544. The van der Waals surface area contributed by atoms with Crippen LogP contribution in [0, 0.1) is 12.8 Å². The Labute approximate surface area is 58.8 Å². The summed E-state index contributed by atoms with van der Waals surface area (Å²) in [5.41, 5.74) is 0. The molecule has 1 heteroatoms. The smallest absolute Gasteiger partial charge is 0.00258 e. The lowest BCUT2D eigenvalue weighted by Crippen LogP contribution is -2.20. The van der Waals surface area contributed by atoms with Crippen LogP contribution in [0.3, 0.4) is 0 Å². The van der Waals surface area contributed by atoms with Gasteiger partial charge in [-0.2, -0.15) is 0 Å². The molecular weight excluding hydrogens is 110 g/mol. The second-order valence-electron chi connectivity index (χ2n) is 2.81. The molecule has 9 heavy (non-hydrogen) atoms. The van der Waals surface area contributed by atoms with Gasteiger partial charge in [0.25, 0.3) is 0 Å². The van der Waals surface area contributed by atoms with Gasteiger partial charge < -0.3 is 5.32 Å². The Morgan fingerprint density at radius 1 is 1.44 bits per heavy atom. The van der Waals surface area contributed by atoms with Crippen LogP contribution in [0.1, 0.15) is 26.7 Å². The maximum absolute atomic E-state index is 3.76. The Hall–Kier alpha value is -0.0400. The molecule has 0 spiro atoms. The number of rotatable bonds is 5. The summed E-state index contributed by atoms with van der Waals surface area (Å²) >= 11 is 0. The molecule has 0 unspecified atom stereocenters. The molecule has 0 aliphatic heterocycles. The second-order valence-corrected chi connectivity index (χ2v) is 2.81. The summed E-state index contributed by atoms with van der Waals surface area (Å²) in [6.07, 6.45) is 2.25. The molecule has 1 N–H and O–H groups in total. The third kappa shape index (κ3) is 7.96. The highest BCUT2D eigenvalue weighted by Gasteiger charge is 1.89. The van der Waals surface area contributed by atoms with E-state index in [1.807, 2.05) is 0 Å². The minimum atomic E-state index is 0.773. The minimum absolute atomic E-state index is 0.773. The van der Waals surface area contributed by atoms with Crippen LogP contribution in [-0.4, -0.2) is 13.1 Å². The van der Waals surface area contributed by atoms with Crippen LogP contribution in [0.5, 0.6) is 0 Å². The molecular formula is C8H18N. The van der Waals surface area contributed by atoms with Crippen molar-refractivity contribution in [1.29, 1.82) is 0 Å². The minimum Gasteiger partial charge on any atom is -0.316 e. The average Bonchev–Trinajstić information content (AvgIpc) is 1.80. The predicted molar refractivity (Wildman–Crippen MR) is 42.3 cm³/mol. The summed E-state index contributed by atoms with van der Waals surface area (Å²) < 4.78 is 0. The monoisotopic (exact) mass is 128 g/mol. The van der Waals surface area contributed by atoms with Crippen LogP contribution in [-0.2, 0) is 0 Å². The fraction of sp³-hybridized carbons (Fsp3) is 0.875. The summed E-state index contributed by atoms with van der Waals surface area (Å²) in [7, 11) is 0. The standard InChI is InChI=1S/C8H18N/c1-4-5-6-9-7-8(2)3/h8-9H,1,4-7H2,2-3H3. The molecule has 55 valence electrons. The predicted octanol–water partition coefficient (Wildman–Crippen LogP) is 1.85. The van der Waals surface area contributed by atoms with Gasteiger partial charge in [0.05, 0.1) is 0 Å². The lowest BCUT2D eigenvalue weighted by atomic mass is 10.2. The van der Waals surface area contributed by atoms with Crippen molar-refractivity contribution in [3.63, 3.8) is 0 Å². The van der Waals surface area contributed by atoms with Crippen LogP contribution in [0.15, 0.2) is 0 Å². The zero-order valence-corrected chi connectivity index (χ0v) is 6.61. The third-order valence-electron chi connectivity index (χ3n) is 1.16. The van der Waals surface area contributed by atoms with Crippen LogP contribution in [0.4, 0.5) is 0 Å². The number of hydrogen-bond acceptors (Lipinski definition) is 1. The number of hydrogen-bond donors (Lipinski definition) is 1. The first-order valence-electron chi connectivity index (χ1n) is 3.77. The summed E-state index contributed by atoms with van der Waals surface area (Å²) in [5.74, 6) is 0.773. The van der Waals surface area contributed by atoms with Gasteiger partial charge in [0, 0.05) is 0 Å². The quantitative estimate of drug-likeness (QED) is 0.557. The fourth-order valence-electron chi connectivity index (χ4n) is 0.641. The first-order chi connectivity index (χ1) is 4.27. The van der Waals surface area contributed by atoms with E-state index in [1.54, 1.807) is 0 Å². The van der Waals surface area contributed by atoms with Gasteiger partial charge in [0.1, 0.15) is 0 Å². The van der Waals surface area contributed by atoms with Crippen LogP contribution in [0.25, 0.3) is 0 Å². The van der Waals surface area contributed by atoms with Gasteiger partial charge in [-0.15, -0.1) is 0 Å². The van der Waals surface area contributed by atoms with Crippen LogP contribution < -0.4 is 5.32 Å². The maximum atomic E-state index is 3.76. The topological polar surface area (TPSA) is 12.0 Å². The highest BCUT2D eigenvalue weighted by Crippen LogP contribution is 1.88. The zero-order valence-electron chi connectivity index (χ0n) is 6.61. The number of nitrogens with one attached hydrogen (secondary N) is 1. The van der Waals surface area contributed by atoms with Crippen molar-refractivity contribution >= 4 is 0 Å². The Balaban J connectivity index is 2.75. The summed E-state index contributed by atoms with van der Waals surface area (Å²) in [4.78, 5) is 0. The third-order valence-corrected chi connectivity index (χ3v) is 1.16. The van der Waals surface area contributed by atoms with Gasteiger partial charge >= 0.3 is 0 Å². The molecule has 0 aliphatic carbocycles. The van der Waals surface area contributed by atoms with E-state index in [9.17, 15) is 0 Å². The molecule has 0 saturated carbocycles. The van der Waals surface area contributed by atoms with Gasteiger partial charge in [-0.1, -0.05) is 27.2 Å². The molecule has 0 heterocycles. The highest BCUT2D eigenvalue weighted by atomic mass is 14.8. The maximum Gasteiger partial charge on any atom is -0.00258 e. The molecule has 0 aliphatic rings. The van der Waals surface area contributed by atoms with E-state index >= 15 is 0 Å². The van der Waals surface area contributed by atoms with E-state index < -0.39 is 0 Å². The van der Waals surface area contributed by atoms with Crippen molar-refractivity contribution in [3.8, 4) is 0 Å². The molecule has 0 aromatic heterocycles. The van der Waals surface area contributed by atoms with Crippen molar-refractivity contribution in [3.05, 3.63) is 6.92 Å². The van der Waals surface area contributed by atoms with Crippen molar-refractivity contribution in [1.82, 2.24) is 5.32 Å². The summed E-state index contributed by atoms with van der Waals surface area (Å²) in [5, 5.41) is 3.35. The van der Waals surface area contributed by atoms with Crippen molar-refractivity contribution < 1.29 is 0 Å². The Morgan fingerprint density at radius 2 is 2.11 bits per heavy atom. The SMILES string of the molecule is [CH2]CCCNCC(C)C. The zero-order chi connectivity index (χ0) is 7.11. The fourth-order valence-corrected chi connectivity index (χ4v) is 0.641. The van der Waals surface area contributed by atoms with Gasteiger partial charge in [-0.05, 0) is 25.4 Å². The van der Waals surface area contributed by atoms with E-state index in [4.69, 9.17) is 0 Å². The molecule has 1 nitrogen and oxygen atoms in total. The average molecular weight is 128 g/mol. The van der Waals surface area contributed by atoms with Crippen molar-refractivity contribution in [2.45, 2.75) is 26.7 Å². The Bertz CT molecular complexity index is 50.5.